The predicted molar refractivity (Wildman–Crippen MR) is 84.6 cm³/mol. The molecule has 0 atom stereocenters. The van der Waals surface area contributed by atoms with Crippen LogP contribution in [-0.4, -0.2) is 26.4 Å². The third kappa shape index (κ3) is 2.74. The van der Waals surface area contributed by atoms with Crippen LogP contribution in [0.15, 0.2) is 45.9 Å². The first-order valence-corrected chi connectivity index (χ1v) is 7.68. The van der Waals surface area contributed by atoms with E-state index in [1.54, 1.807) is 30.5 Å². The molecule has 1 aliphatic heterocycles. The zero-order valence-corrected chi connectivity index (χ0v) is 12.8. The van der Waals surface area contributed by atoms with Crippen molar-refractivity contribution in [1.82, 2.24) is 19.9 Å². The van der Waals surface area contributed by atoms with Crippen molar-refractivity contribution in [1.29, 1.82) is 0 Å². The second-order valence-corrected chi connectivity index (χ2v) is 5.73. The van der Waals surface area contributed by atoms with Crippen LogP contribution < -0.4 is 5.56 Å². The van der Waals surface area contributed by atoms with Crippen LogP contribution in [0.2, 0.25) is 0 Å². The van der Waals surface area contributed by atoms with Crippen molar-refractivity contribution < 1.29 is 8.81 Å². The number of nitrogens with zero attached hydrogens (tertiary/aromatic N) is 3. The number of aromatic nitrogens is 3. The van der Waals surface area contributed by atoms with Gasteiger partial charge in [0, 0.05) is 37.8 Å². The number of halogens is 1. The maximum atomic E-state index is 13.7. The second-order valence-electron chi connectivity index (χ2n) is 5.73. The van der Waals surface area contributed by atoms with Gasteiger partial charge in [0.15, 0.2) is 11.6 Å². The van der Waals surface area contributed by atoms with Crippen molar-refractivity contribution >= 4 is 0 Å². The molecule has 0 aromatic carbocycles. The summed E-state index contributed by atoms with van der Waals surface area (Å²) in [7, 11) is 0. The molecule has 4 heterocycles. The number of rotatable bonds is 3. The molecule has 4 rings (SSSR count). The quantitative estimate of drug-likeness (QED) is 0.746. The molecule has 0 saturated heterocycles. The van der Waals surface area contributed by atoms with Gasteiger partial charge >= 0.3 is 0 Å². The fourth-order valence-corrected chi connectivity index (χ4v) is 2.92. The fraction of sp³-hybridized carbons (Fsp3) is 0.235. The minimum Gasteiger partial charge on any atom is -0.461 e. The highest BCUT2D eigenvalue weighted by Gasteiger charge is 2.22. The Kier molecular flexibility index (Phi) is 3.70. The zero-order valence-electron chi connectivity index (χ0n) is 12.8. The first kappa shape index (κ1) is 14.8. The van der Waals surface area contributed by atoms with Crippen LogP contribution in [0.25, 0.3) is 11.6 Å². The number of hydrogen-bond acceptors (Lipinski definition) is 5. The van der Waals surface area contributed by atoms with E-state index in [1.807, 2.05) is 4.90 Å². The summed E-state index contributed by atoms with van der Waals surface area (Å²) in [5.41, 5.74) is 1.74. The summed E-state index contributed by atoms with van der Waals surface area (Å²) >= 11 is 0. The van der Waals surface area contributed by atoms with Crippen molar-refractivity contribution in [3.63, 3.8) is 0 Å². The van der Waals surface area contributed by atoms with Crippen LogP contribution in [0, 0.1) is 5.95 Å². The van der Waals surface area contributed by atoms with Crippen molar-refractivity contribution in [3.8, 4) is 11.6 Å². The SMILES string of the molecule is O=c1[nH]c(-c2ccco2)nc2c1CN(Cc1cccnc1F)CC2. The molecule has 0 amide bonds. The van der Waals surface area contributed by atoms with Crippen LogP contribution in [-0.2, 0) is 19.5 Å². The van der Waals surface area contributed by atoms with Crippen LogP contribution in [0.1, 0.15) is 16.8 Å². The van der Waals surface area contributed by atoms with Crippen LogP contribution >= 0.6 is 0 Å². The van der Waals surface area contributed by atoms with Gasteiger partial charge in [-0.2, -0.15) is 4.39 Å². The van der Waals surface area contributed by atoms with Crippen molar-refractivity contribution in [3.05, 3.63) is 69.8 Å². The normalized spacial score (nSPS) is 14.5. The molecule has 0 unspecified atom stereocenters. The van der Waals surface area contributed by atoms with Crippen LogP contribution in [0.3, 0.4) is 0 Å². The molecule has 3 aromatic rings. The average Bonchev–Trinajstić information content (AvgIpc) is 3.12. The monoisotopic (exact) mass is 326 g/mol. The zero-order chi connectivity index (χ0) is 16.5. The molecule has 1 N–H and O–H groups in total. The minimum absolute atomic E-state index is 0.178. The summed E-state index contributed by atoms with van der Waals surface area (Å²) < 4.78 is 19.0. The molecule has 0 radical (unpaired) electrons. The molecule has 0 fully saturated rings. The van der Waals surface area contributed by atoms with E-state index in [0.29, 0.717) is 48.8 Å². The summed E-state index contributed by atoms with van der Waals surface area (Å²) in [6, 6.07) is 6.92. The molecule has 122 valence electrons. The Morgan fingerprint density at radius 3 is 3.04 bits per heavy atom. The fourth-order valence-electron chi connectivity index (χ4n) is 2.92. The van der Waals surface area contributed by atoms with E-state index in [4.69, 9.17) is 4.42 Å². The number of furan rings is 1. The molecular formula is C17H15FN4O2. The van der Waals surface area contributed by atoms with Gasteiger partial charge < -0.3 is 9.40 Å². The smallest absolute Gasteiger partial charge is 0.256 e. The maximum Gasteiger partial charge on any atom is 0.256 e. The lowest BCUT2D eigenvalue weighted by Gasteiger charge is -2.27. The van der Waals surface area contributed by atoms with Gasteiger partial charge in [-0.15, -0.1) is 0 Å². The summed E-state index contributed by atoms with van der Waals surface area (Å²) in [5, 5.41) is 0. The summed E-state index contributed by atoms with van der Waals surface area (Å²) in [5.74, 6) is 0.508. The third-order valence-corrected chi connectivity index (χ3v) is 4.13. The van der Waals surface area contributed by atoms with Crippen molar-refractivity contribution in [2.24, 2.45) is 0 Å². The van der Waals surface area contributed by atoms with Gasteiger partial charge in [0.25, 0.3) is 5.56 Å². The number of pyridine rings is 1. The van der Waals surface area contributed by atoms with E-state index in [0.717, 1.165) is 5.69 Å². The Labute approximate surface area is 137 Å². The highest BCUT2D eigenvalue weighted by molar-refractivity contribution is 5.47. The van der Waals surface area contributed by atoms with E-state index in [1.165, 1.54) is 6.20 Å². The Morgan fingerprint density at radius 1 is 1.33 bits per heavy atom. The molecule has 6 nitrogen and oxygen atoms in total. The van der Waals surface area contributed by atoms with E-state index < -0.39 is 5.95 Å². The topological polar surface area (TPSA) is 75.0 Å². The van der Waals surface area contributed by atoms with E-state index in [9.17, 15) is 9.18 Å². The van der Waals surface area contributed by atoms with Gasteiger partial charge in [-0.3, -0.25) is 9.69 Å². The van der Waals surface area contributed by atoms with Crippen molar-refractivity contribution in [2.45, 2.75) is 19.5 Å². The Morgan fingerprint density at radius 2 is 2.25 bits per heavy atom. The Balaban J connectivity index is 1.60. The van der Waals surface area contributed by atoms with E-state index in [2.05, 4.69) is 15.0 Å². The maximum absolute atomic E-state index is 13.7. The van der Waals surface area contributed by atoms with Crippen LogP contribution in [0.5, 0.6) is 0 Å². The molecule has 0 bridgehead atoms. The first-order chi connectivity index (χ1) is 11.7. The second kappa shape index (κ2) is 6.01. The summed E-state index contributed by atoms with van der Waals surface area (Å²) in [4.78, 5) is 25.4. The van der Waals surface area contributed by atoms with Gasteiger partial charge in [-0.05, 0) is 18.2 Å². The molecule has 7 heteroatoms. The number of nitrogens with one attached hydrogen (secondary N) is 1. The first-order valence-electron chi connectivity index (χ1n) is 7.68. The number of fused-ring (bicyclic) bond motifs is 1. The van der Waals surface area contributed by atoms with Gasteiger partial charge in [-0.25, -0.2) is 9.97 Å². The number of hydrogen-bond donors (Lipinski definition) is 1. The number of aromatic amines is 1. The third-order valence-electron chi connectivity index (χ3n) is 4.13. The lowest BCUT2D eigenvalue weighted by molar-refractivity contribution is 0.237. The minimum atomic E-state index is -0.469. The molecule has 0 spiro atoms. The highest BCUT2D eigenvalue weighted by atomic mass is 19.1. The van der Waals surface area contributed by atoms with Crippen LogP contribution in [0.4, 0.5) is 4.39 Å². The average molecular weight is 326 g/mol. The predicted octanol–water partition coefficient (Wildman–Crippen LogP) is 2.12. The van der Waals surface area contributed by atoms with Gasteiger partial charge in [0.1, 0.15) is 0 Å². The molecule has 3 aromatic heterocycles. The van der Waals surface area contributed by atoms with E-state index >= 15 is 0 Å². The molecule has 0 aliphatic carbocycles. The molecular weight excluding hydrogens is 311 g/mol. The largest absolute Gasteiger partial charge is 0.461 e. The lowest BCUT2D eigenvalue weighted by Crippen LogP contribution is -2.35. The van der Waals surface area contributed by atoms with Gasteiger partial charge in [0.2, 0.25) is 5.95 Å². The molecule has 1 aliphatic rings. The lowest BCUT2D eigenvalue weighted by atomic mass is 10.1. The highest BCUT2D eigenvalue weighted by Crippen LogP contribution is 2.20. The van der Waals surface area contributed by atoms with Gasteiger partial charge in [0.05, 0.1) is 17.5 Å². The van der Waals surface area contributed by atoms with E-state index in [-0.39, 0.29) is 5.56 Å². The number of H-pyrrole nitrogens is 1. The van der Waals surface area contributed by atoms with Crippen molar-refractivity contribution in [2.75, 3.05) is 6.54 Å². The molecule has 0 saturated carbocycles. The summed E-state index contributed by atoms with van der Waals surface area (Å²) in [6.07, 6.45) is 3.60. The Bertz CT molecular complexity index is 921. The Hall–Kier alpha value is -2.80. The summed E-state index contributed by atoms with van der Waals surface area (Å²) in [6.45, 7) is 1.55. The standard InChI is InChI=1S/C17H15FN4O2/c18-15-11(3-1-6-19-15)9-22-7-5-13-12(10-22)17(23)21-16(20-13)14-4-2-8-24-14/h1-4,6,8H,5,7,9-10H2,(H,20,21,23). The molecule has 24 heavy (non-hydrogen) atoms. The van der Waals surface area contributed by atoms with Gasteiger partial charge in [-0.1, -0.05) is 6.07 Å².